The van der Waals surface area contributed by atoms with E-state index in [1.165, 1.54) is 7.11 Å². The van der Waals surface area contributed by atoms with Gasteiger partial charge < -0.3 is 24.6 Å². The number of aliphatic imine (C=N–C) groups is 1. The Morgan fingerprint density at radius 1 is 1.52 bits per heavy atom. The smallest absolute Gasteiger partial charge is 0.217 e. The van der Waals surface area contributed by atoms with Gasteiger partial charge in [-0.1, -0.05) is 13.3 Å². The summed E-state index contributed by atoms with van der Waals surface area (Å²) in [5.41, 5.74) is 1.58. The van der Waals surface area contributed by atoms with Crippen molar-refractivity contribution in [2.24, 2.45) is 10.9 Å². The third kappa shape index (κ3) is 3.93. The van der Waals surface area contributed by atoms with Crippen molar-refractivity contribution in [3.63, 3.8) is 0 Å². The normalized spacial score (nSPS) is 16.4. The predicted octanol–water partition coefficient (Wildman–Crippen LogP) is 1.03. The second-order valence-corrected chi connectivity index (χ2v) is 4.39. The quantitative estimate of drug-likeness (QED) is 0.552. The van der Waals surface area contributed by atoms with Crippen LogP contribution in [-0.4, -0.2) is 42.3 Å². The van der Waals surface area contributed by atoms with Gasteiger partial charge in [0.25, 0.3) is 0 Å². The van der Waals surface area contributed by atoms with Gasteiger partial charge in [-0.3, -0.25) is 0 Å². The molecule has 0 radical (unpaired) electrons. The van der Waals surface area contributed by atoms with Crippen LogP contribution in [-0.2, 0) is 16.0 Å². The summed E-state index contributed by atoms with van der Waals surface area (Å²) in [4.78, 5) is 14.8. The van der Waals surface area contributed by atoms with Crippen LogP contribution in [0.2, 0.25) is 0 Å². The Balaban J connectivity index is 0.00000106. The van der Waals surface area contributed by atoms with E-state index in [4.69, 9.17) is 14.7 Å². The fourth-order valence-electron chi connectivity index (χ4n) is 2.10. The summed E-state index contributed by atoms with van der Waals surface area (Å²) in [6, 6.07) is 2.98. The molecular weight excluding hydrogens is 276 g/mol. The van der Waals surface area contributed by atoms with E-state index in [9.17, 15) is 9.90 Å². The summed E-state index contributed by atoms with van der Waals surface area (Å²) in [5.74, 6) is 4.44. The average molecular weight is 296 g/mol. The molecule has 1 aliphatic rings. The third-order valence-corrected chi connectivity index (χ3v) is 2.95. The maximum Gasteiger partial charge on any atom is 0.217 e. The number of phenolic OH excluding ortho intramolecular Hbond substituents is 1. The van der Waals surface area contributed by atoms with Crippen molar-refractivity contribution in [2.75, 3.05) is 13.7 Å². The SMILES string of the molecule is CCCc1cc(C2=NC(C=O)CO2)cc(O)c1OC.NO. The molecule has 1 aliphatic heterocycles. The van der Waals surface area contributed by atoms with E-state index in [1.807, 2.05) is 6.07 Å². The predicted molar refractivity (Wildman–Crippen MR) is 77.0 cm³/mol. The van der Waals surface area contributed by atoms with Crippen molar-refractivity contribution in [1.82, 2.24) is 0 Å². The van der Waals surface area contributed by atoms with E-state index in [1.54, 1.807) is 6.07 Å². The molecule has 0 spiro atoms. The molecule has 0 aliphatic carbocycles. The lowest BCUT2D eigenvalue weighted by Crippen LogP contribution is -2.06. The molecule has 1 atom stereocenters. The van der Waals surface area contributed by atoms with Gasteiger partial charge in [-0.25, -0.2) is 10.9 Å². The van der Waals surface area contributed by atoms with Crippen LogP contribution in [0, 0.1) is 0 Å². The summed E-state index contributed by atoms with van der Waals surface area (Å²) in [5, 5.41) is 16.5. The zero-order valence-corrected chi connectivity index (χ0v) is 12.1. The van der Waals surface area contributed by atoms with Crippen LogP contribution in [0.1, 0.15) is 24.5 Å². The minimum absolute atomic E-state index is 0.0595. The number of rotatable bonds is 5. The first-order chi connectivity index (χ1) is 10.2. The van der Waals surface area contributed by atoms with Gasteiger partial charge in [-0.05, 0) is 24.1 Å². The van der Waals surface area contributed by atoms with E-state index >= 15 is 0 Å². The Morgan fingerprint density at radius 3 is 2.76 bits per heavy atom. The molecular formula is C14H20N2O5. The zero-order chi connectivity index (χ0) is 15.8. The molecule has 1 aromatic rings. The number of ether oxygens (including phenoxy) is 2. The molecule has 0 aromatic heterocycles. The number of phenols is 1. The first-order valence-electron chi connectivity index (χ1n) is 6.51. The molecule has 1 unspecified atom stereocenters. The highest BCUT2D eigenvalue weighted by Gasteiger charge is 2.21. The Bertz CT molecular complexity index is 516. The fourth-order valence-corrected chi connectivity index (χ4v) is 2.10. The van der Waals surface area contributed by atoms with Crippen LogP contribution in [0.25, 0.3) is 0 Å². The van der Waals surface area contributed by atoms with E-state index in [0.29, 0.717) is 17.2 Å². The Kier molecular flexibility index (Phi) is 6.64. The van der Waals surface area contributed by atoms with Crippen molar-refractivity contribution in [2.45, 2.75) is 25.8 Å². The number of hydrogen-bond donors (Lipinski definition) is 3. The molecule has 0 bridgehead atoms. The van der Waals surface area contributed by atoms with Gasteiger partial charge in [0.05, 0.1) is 7.11 Å². The summed E-state index contributed by atoms with van der Waals surface area (Å²) in [6.07, 6.45) is 2.47. The molecule has 21 heavy (non-hydrogen) atoms. The topological polar surface area (TPSA) is 114 Å². The number of hydrogen-bond acceptors (Lipinski definition) is 7. The molecule has 1 aromatic carbocycles. The third-order valence-electron chi connectivity index (χ3n) is 2.95. The van der Waals surface area contributed by atoms with E-state index in [-0.39, 0.29) is 12.4 Å². The summed E-state index contributed by atoms with van der Waals surface area (Å²) in [6.45, 7) is 2.31. The molecule has 116 valence electrons. The minimum Gasteiger partial charge on any atom is -0.504 e. The highest BCUT2D eigenvalue weighted by molar-refractivity contribution is 5.97. The number of carbonyl (C=O) groups excluding carboxylic acids is 1. The van der Waals surface area contributed by atoms with Crippen molar-refractivity contribution in [1.29, 1.82) is 0 Å². The van der Waals surface area contributed by atoms with Crippen LogP contribution in [0.15, 0.2) is 17.1 Å². The van der Waals surface area contributed by atoms with Crippen molar-refractivity contribution < 1.29 is 24.6 Å². The molecule has 4 N–H and O–H groups in total. The van der Waals surface area contributed by atoms with Gasteiger partial charge in [0.1, 0.15) is 18.9 Å². The summed E-state index contributed by atoms with van der Waals surface area (Å²) in [7, 11) is 1.53. The van der Waals surface area contributed by atoms with Crippen LogP contribution in [0.5, 0.6) is 11.5 Å². The maximum absolute atomic E-state index is 10.7. The number of aromatic hydroxyl groups is 1. The number of methoxy groups -OCH3 is 1. The highest BCUT2D eigenvalue weighted by atomic mass is 16.5. The fraction of sp³-hybridized carbons (Fsp3) is 0.429. The summed E-state index contributed by atoms with van der Waals surface area (Å²) >= 11 is 0. The molecule has 1 heterocycles. The van der Waals surface area contributed by atoms with Gasteiger partial charge in [0.2, 0.25) is 5.90 Å². The van der Waals surface area contributed by atoms with Crippen LogP contribution in [0.4, 0.5) is 0 Å². The van der Waals surface area contributed by atoms with Crippen LogP contribution < -0.4 is 10.6 Å². The monoisotopic (exact) mass is 296 g/mol. The molecule has 0 fully saturated rings. The molecule has 0 amide bonds. The van der Waals surface area contributed by atoms with E-state index < -0.39 is 6.04 Å². The zero-order valence-electron chi connectivity index (χ0n) is 12.1. The van der Waals surface area contributed by atoms with Crippen molar-refractivity contribution >= 4 is 12.2 Å². The lowest BCUT2D eigenvalue weighted by atomic mass is 10.0. The number of aldehydes is 1. The van der Waals surface area contributed by atoms with E-state index in [0.717, 1.165) is 24.7 Å². The Labute approximate surface area is 123 Å². The second-order valence-electron chi connectivity index (χ2n) is 4.39. The molecule has 2 rings (SSSR count). The lowest BCUT2D eigenvalue weighted by Gasteiger charge is -2.12. The standard InChI is InChI=1S/C14H17NO4.H3NO/c1-3-4-9-5-10(6-12(17)13(9)18-2)14-15-11(7-16)8-19-14;1-2/h5-7,11,17H,3-4,8H2,1-2H3;2H,1H2. The molecule has 0 saturated carbocycles. The molecule has 7 nitrogen and oxygen atoms in total. The number of carbonyl (C=O) groups is 1. The number of nitrogens with zero attached hydrogens (tertiary/aromatic N) is 1. The number of benzene rings is 1. The van der Waals surface area contributed by atoms with Crippen molar-refractivity contribution in [3.05, 3.63) is 23.3 Å². The van der Waals surface area contributed by atoms with Crippen molar-refractivity contribution in [3.8, 4) is 11.5 Å². The average Bonchev–Trinajstić information content (AvgIpc) is 2.98. The Hall–Kier alpha value is -2.12. The number of nitrogens with two attached hydrogens (primary N) is 1. The summed E-state index contributed by atoms with van der Waals surface area (Å²) < 4.78 is 10.6. The second kappa shape index (κ2) is 8.23. The Morgan fingerprint density at radius 2 is 2.24 bits per heavy atom. The first kappa shape index (κ1) is 16.9. The minimum atomic E-state index is -0.450. The largest absolute Gasteiger partial charge is 0.504 e. The highest BCUT2D eigenvalue weighted by Crippen LogP contribution is 2.33. The molecule has 7 heteroatoms. The van der Waals surface area contributed by atoms with Gasteiger partial charge in [0, 0.05) is 5.56 Å². The molecule has 0 saturated heterocycles. The number of aryl methyl sites for hydroxylation is 1. The van der Waals surface area contributed by atoms with Gasteiger partial charge >= 0.3 is 0 Å². The van der Waals surface area contributed by atoms with Gasteiger partial charge in [0.15, 0.2) is 11.5 Å². The van der Waals surface area contributed by atoms with Crippen LogP contribution in [0.3, 0.4) is 0 Å². The van der Waals surface area contributed by atoms with E-state index in [2.05, 4.69) is 17.8 Å². The first-order valence-corrected chi connectivity index (χ1v) is 6.51. The maximum atomic E-state index is 10.7. The van der Waals surface area contributed by atoms with Gasteiger partial charge in [-0.15, -0.1) is 0 Å². The van der Waals surface area contributed by atoms with Crippen LogP contribution >= 0.6 is 0 Å². The lowest BCUT2D eigenvalue weighted by molar-refractivity contribution is -0.109. The van der Waals surface area contributed by atoms with Gasteiger partial charge in [-0.2, -0.15) is 0 Å².